The van der Waals surface area contributed by atoms with Gasteiger partial charge in [-0.1, -0.05) is 0 Å². The van der Waals surface area contributed by atoms with Crippen molar-refractivity contribution in [3.8, 4) is 5.88 Å². The lowest BCUT2D eigenvalue weighted by molar-refractivity contribution is 0.0823. The molecule has 1 rings (SSSR count). The summed E-state index contributed by atoms with van der Waals surface area (Å²) in [6.07, 6.45) is 0. The number of rotatable bonds is 4. The van der Waals surface area contributed by atoms with Gasteiger partial charge in [0, 0.05) is 20.2 Å². The number of carbonyl (C=O) groups excluding carboxylic acids is 1. The van der Waals surface area contributed by atoms with Gasteiger partial charge in [0.25, 0.3) is 15.9 Å². The Morgan fingerprint density at radius 1 is 1.44 bits per heavy atom. The standard InChI is InChI=1S/C10H15N3O4S/c1-4-17-8-6-5-7(10(14)13(2)3)9(12-8)18(11,15)16/h5-6H,4H2,1-3H3,(H2,11,15,16). The fourth-order valence-electron chi connectivity index (χ4n) is 1.27. The zero-order valence-corrected chi connectivity index (χ0v) is 11.2. The van der Waals surface area contributed by atoms with E-state index < -0.39 is 21.0 Å². The van der Waals surface area contributed by atoms with Crippen LogP contribution in [0.3, 0.4) is 0 Å². The van der Waals surface area contributed by atoms with Crippen molar-refractivity contribution in [1.29, 1.82) is 0 Å². The van der Waals surface area contributed by atoms with Gasteiger partial charge < -0.3 is 9.64 Å². The highest BCUT2D eigenvalue weighted by Crippen LogP contribution is 2.18. The summed E-state index contributed by atoms with van der Waals surface area (Å²) < 4.78 is 27.9. The lowest BCUT2D eigenvalue weighted by atomic mass is 10.2. The molecule has 0 atom stereocenters. The second-order valence-corrected chi connectivity index (χ2v) is 5.16. The largest absolute Gasteiger partial charge is 0.478 e. The Morgan fingerprint density at radius 3 is 2.50 bits per heavy atom. The topological polar surface area (TPSA) is 103 Å². The van der Waals surface area contributed by atoms with Crippen LogP contribution in [0.25, 0.3) is 0 Å². The van der Waals surface area contributed by atoms with Gasteiger partial charge in [-0.15, -0.1) is 0 Å². The summed E-state index contributed by atoms with van der Waals surface area (Å²) in [4.78, 5) is 16.8. The molecule has 0 radical (unpaired) electrons. The maximum atomic E-state index is 11.8. The minimum atomic E-state index is -4.09. The smallest absolute Gasteiger partial charge is 0.256 e. The monoisotopic (exact) mass is 273 g/mol. The fourth-order valence-corrected chi connectivity index (χ4v) is 1.95. The highest BCUT2D eigenvalue weighted by atomic mass is 32.2. The molecular formula is C10H15N3O4S. The number of nitrogens with two attached hydrogens (primary N) is 1. The Labute approximate surface area is 106 Å². The molecule has 0 bridgehead atoms. The Hall–Kier alpha value is -1.67. The molecular weight excluding hydrogens is 258 g/mol. The first-order valence-electron chi connectivity index (χ1n) is 5.15. The lowest BCUT2D eigenvalue weighted by Gasteiger charge is -2.13. The molecule has 0 aromatic carbocycles. The van der Waals surface area contributed by atoms with E-state index in [1.54, 1.807) is 6.92 Å². The fraction of sp³-hybridized carbons (Fsp3) is 0.400. The molecule has 7 nitrogen and oxygen atoms in total. The Balaban J connectivity index is 3.40. The molecule has 18 heavy (non-hydrogen) atoms. The van der Waals surface area contributed by atoms with Gasteiger partial charge in [-0.25, -0.2) is 13.6 Å². The third-order valence-corrected chi connectivity index (χ3v) is 2.88. The third-order valence-electron chi connectivity index (χ3n) is 2.03. The van der Waals surface area contributed by atoms with Gasteiger partial charge in [0.2, 0.25) is 5.88 Å². The number of hydrogen-bond acceptors (Lipinski definition) is 5. The van der Waals surface area contributed by atoms with Gasteiger partial charge in [-0.2, -0.15) is 4.98 Å². The maximum Gasteiger partial charge on any atom is 0.256 e. The number of pyridine rings is 1. The highest BCUT2D eigenvalue weighted by molar-refractivity contribution is 7.89. The summed E-state index contributed by atoms with van der Waals surface area (Å²) in [7, 11) is -1.08. The van der Waals surface area contributed by atoms with Crippen molar-refractivity contribution in [3.05, 3.63) is 17.7 Å². The van der Waals surface area contributed by atoms with Crippen LogP contribution in [0.1, 0.15) is 17.3 Å². The summed E-state index contributed by atoms with van der Waals surface area (Å²) in [5.41, 5.74) is -0.0778. The van der Waals surface area contributed by atoms with Crippen LogP contribution in [-0.2, 0) is 10.0 Å². The van der Waals surface area contributed by atoms with E-state index in [0.717, 1.165) is 0 Å². The molecule has 0 unspecified atom stereocenters. The molecule has 0 saturated carbocycles. The van der Waals surface area contributed by atoms with Crippen LogP contribution in [0.5, 0.6) is 5.88 Å². The van der Waals surface area contributed by atoms with Crippen LogP contribution >= 0.6 is 0 Å². The number of carbonyl (C=O) groups is 1. The summed E-state index contributed by atoms with van der Waals surface area (Å²) >= 11 is 0. The van der Waals surface area contributed by atoms with E-state index in [0.29, 0.717) is 6.61 Å². The summed E-state index contributed by atoms with van der Waals surface area (Å²) in [6, 6.07) is 2.76. The van der Waals surface area contributed by atoms with Gasteiger partial charge in [0.05, 0.1) is 12.2 Å². The van der Waals surface area contributed by atoms with Crippen LogP contribution < -0.4 is 9.88 Å². The molecule has 1 heterocycles. The quantitative estimate of drug-likeness (QED) is 0.820. The molecule has 0 aliphatic carbocycles. The number of sulfonamides is 1. The van der Waals surface area contributed by atoms with E-state index in [2.05, 4.69) is 4.98 Å². The number of hydrogen-bond donors (Lipinski definition) is 1. The first-order chi connectivity index (χ1) is 8.27. The van der Waals surface area contributed by atoms with Crippen molar-refractivity contribution in [2.75, 3.05) is 20.7 Å². The van der Waals surface area contributed by atoms with E-state index >= 15 is 0 Å². The van der Waals surface area contributed by atoms with E-state index in [9.17, 15) is 13.2 Å². The predicted octanol–water partition coefficient (Wildman–Crippen LogP) is -0.170. The lowest BCUT2D eigenvalue weighted by Crippen LogP contribution is -2.26. The van der Waals surface area contributed by atoms with Gasteiger partial charge in [-0.3, -0.25) is 4.79 Å². The summed E-state index contributed by atoms with van der Waals surface area (Å²) in [5, 5.41) is 4.56. The SMILES string of the molecule is CCOc1ccc(C(=O)N(C)C)c(S(N)(=O)=O)n1. The van der Waals surface area contributed by atoms with Gasteiger partial charge in [0.1, 0.15) is 0 Å². The second-order valence-electron chi connectivity index (χ2n) is 3.68. The van der Waals surface area contributed by atoms with Crippen molar-refractivity contribution < 1.29 is 17.9 Å². The van der Waals surface area contributed by atoms with Crippen molar-refractivity contribution in [2.45, 2.75) is 11.9 Å². The zero-order chi connectivity index (χ0) is 13.9. The van der Waals surface area contributed by atoms with Crippen LogP contribution in [0.2, 0.25) is 0 Å². The Kier molecular flexibility index (Phi) is 4.25. The molecule has 1 aromatic rings. The molecule has 1 amide bonds. The molecule has 0 saturated heterocycles. The molecule has 2 N–H and O–H groups in total. The minimum absolute atomic E-state index is 0.0778. The first kappa shape index (κ1) is 14.4. The van der Waals surface area contributed by atoms with Crippen LogP contribution in [-0.4, -0.2) is 44.9 Å². The van der Waals surface area contributed by atoms with E-state index in [4.69, 9.17) is 9.88 Å². The van der Waals surface area contributed by atoms with Crippen LogP contribution in [0.15, 0.2) is 17.2 Å². The number of primary sulfonamides is 1. The molecule has 1 aromatic heterocycles. The average Bonchev–Trinajstić information content (AvgIpc) is 2.27. The second kappa shape index (κ2) is 5.32. The van der Waals surface area contributed by atoms with Crippen LogP contribution in [0.4, 0.5) is 0 Å². The molecule has 0 aliphatic rings. The average molecular weight is 273 g/mol. The highest BCUT2D eigenvalue weighted by Gasteiger charge is 2.23. The number of nitrogens with zero attached hydrogens (tertiary/aromatic N) is 2. The van der Waals surface area contributed by atoms with E-state index in [1.807, 2.05) is 0 Å². The minimum Gasteiger partial charge on any atom is -0.478 e. The number of aromatic nitrogens is 1. The van der Waals surface area contributed by atoms with Crippen molar-refractivity contribution >= 4 is 15.9 Å². The molecule has 100 valence electrons. The predicted molar refractivity (Wildman–Crippen MR) is 64.8 cm³/mol. The van der Waals surface area contributed by atoms with E-state index in [-0.39, 0.29) is 11.4 Å². The Morgan fingerprint density at radius 2 is 2.06 bits per heavy atom. The molecule has 8 heteroatoms. The zero-order valence-electron chi connectivity index (χ0n) is 10.4. The van der Waals surface area contributed by atoms with Gasteiger partial charge in [0.15, 0.2) is 5.03 Å². The van der Waals surface area contributed by atoms with Gasteiger partial charge in [-0.05, 0) is 13.0 Å². The van der Waals surface area contributed by atoms with Crippen molar-refractivity contribution in [1.82, 2.24) is 9.88 Å². The van der Waals surface area contributed by atoms with E-state index in [1.165, 1.54) is 31.1 Å². The normalized spacial score (nSPS) is 11.1. The number of amides is 1. The number of ether oxygens (including phenoxy) is 1. The van der Waals surface area contributed by atoms with Gasteiger partial charge >= 0.3 is 0 Å². The summed E-state index contributed by atoms with van der Waals surface area (Å²) in [6.45, 7) is 2.06. The molecule has 0 fully saturated rings. The van der Waals surface area contributed by atoms with Crippen molar-refractivity contribution in [2.24, 2.45) is 5.14 Å². The van der Waals surface area contributed by atoms with Crippen LogP contribution in [0, 0.1) is 0 Å². The third kappa shape index (κ3) is 3.17. The molecule has 0 spiro atoms. The van der Waals surface area contributed by atoms with Crippen molar-refractivity contribution in [3.63, 3.8) is 0 Å². The summed E-state index contributed by atoms with van der Waals surface area (Å²) in [5.74, 6) is -0.383. The Bertz CT molecular complexity index is 554. The first-order valence-corrected chi connectivity index (χ1v) is 6.70. The molecule has 0 aliphatic heterocycles. The maximum absolute atomic E-state index is 11.8.